The first-order valence-electron chi connectivity index (χ1n) is 6.67. The molecule has 126 valence electrons. The number of ether oxygens (including phenoxy) is 1. The summed E-state index contributed by atoms with van der Waals surface area (Å²) in [6.45, 7) is -0.246. The van der Waals surface area contributed by atoms with Crippen LogP contribution in [0, 0.1) is 0 Å². The van der Waals surface area contributed by atoms with Crippen molar-refractivity contribution in [3.8, 4) is 0 Å². The Labute approximate surface area is 135 Å². The molecule has 2 amide bonds. The number of carbonyl (C=O) groups is 2. The topological polar surface area (TPSA) is 58.6 Å². The number of carbonyl (C=O) groups excluding carboxylic acids is 2. The van der Waals surface area contributed by atoms with Crippen molar-refractivity contribution in [3.63, 3.8) is 0 Å². The minimum Gasteiger partial charge on any atom is -0.369 e. The molecule has 1 aromatic carbocycles. The first kappa shape index (κ1) is 17.6. The van der Waals surface area contributed by atoms with E-state index < -0.39 is 28.7 Å². The van der Waals surface area contributed by atoms with Crippen molar-refractivity contribution in [2.75, 3.05) is 20.3 Å². The highest BCUT2D eigenvalue weighted by Gasteiger charge is 2.34. The SMILES string of the molecule is CN1C(=O)COCC1C(=O)NCc1cccc(C(F)(F)F)c1Cl. The van der Waals surface area contributed by atoms with Gasteiger partial charge in [-0.3, -0.25) is 9.59 Å². The normalized spacial score (nSPS) is 18.9. The minimum atomic E-state index is -4.57. The van der Waals surface area contributed by atoms with Crippen LogP contribution in [0.25, 0.3) is 0 Å². The number of alkyl halides is 3. The molecule has 1 aromatic rings. The third kappa shape index (κ3) is 3.94. The number of likely N-dealkylation sites (N-methyl/N-ethyl adjacent to an activating group) is 1. The molecule has 2 rings (SSSR count). The molecular weight excluding hydrogens is 337 g/mol. The molecule has 1 heterocycles. The largest absolute Gasteiger partial charge is 0.417 e. The van der Waals surface area contributed by atoms with E-state index in [1.165, 1.54) is 24.1 Å². The maximum Gasteiger partial charge on any atom is 0.417 e. The molecule has 0 aromatic heterocycles. The predicted octanol–water partition coefficient (Wildman–Crippen LogP) is 1.83. The summed E-state index contributed by atoms with van der Waals surface area (Å²) < 4.78 is 43.3. The molecule has 1 saturated heterocycles. The van der Waals surface area contributed by atoms with E-state index in [4.69, 9.17) is 16.3 Å². The molecule has 23 heavy (non-hydrogen) atoms. The number of hydrogen-bond acceptors (Lipinski definition) is 3. The van der Waals surface area contributed by atoms with Crippen LogP contribution in [-0.4, -0.2) is 43.0 Å². The van der Waals surface area contributed by atoms with E-state index in [1.807, 2.05) is 0 Å². The summed E-state index contributed by atoms with van der Waals surface area (Å²) in [6, 6.07) is 2.66. The fourth-order valence-corrected chi connectivity index (χ4v) is 2.43. The average molecular weight is 351 g/mol. The molecule has 0 spiro atoms. The summed E-state index contributed by atoms with van der Waals surface area (Å²) in [5.41, 5.74) is -0.820. The van der Waals surface area contributed by atoms with Gasteiger partial charge in [0.05, 0.1) is 17.2 Å². The van der Waals surface area contributed by atoms with Crippen molar-refractivity contribution >= 4 is 23.4 Å². The van der Waals surface area contributed by atoms with Gasteiger partial charge >= 0.3 is 6.18 Å². The highest BCUT2D eigenvalue weighted by atomic mass is 35.5. The quantitative estimate of drug-likeness (QED) is 0.905. The van der Waals surface area contributed by atoms with Crippen molar-refractivity contribution in [2.45, 2.75) is 18.8 Å². The standard InChI is InChI=1S/C14H14ClF3N2O3/c1-20-10(6-23-7-11(20)21)13(22)19-5-8-3-2-4-9(12(8)15)14(16,17)18/h2-4,10H,5-7H2,1H3,(H,19,22). The molecule has 1 atom stereocenters. The van der Waals surface area contributed by atoms with Crippen LogP contribution < -0.4 is 5.32 Å². The second kappa shape index (κ2) is 6.76. The third-order valence-corrected chi connectivity index (χ3v) is 3.95. The molecule has 1 unspecified atom stereocenters. The predicted molar refractivity (Wildman–Crippen MR) is 75.7 cm³/mol. The van der Waals surface area contributed by atoms with Gasteiger partial charge in [0, 0.05) is 13.6 Å². The Morgan fingerprint density at radius 1 is 1.48 bits per heavy atom. The second-order valence-corrected chi connectivity index (χ2v) is 5.41. The van der Waals surface area contributed by atoms with Crippen LogP contribution in [-0.2, 0) is 27.0 Å². The lowest BCUT2D eigenvalue weighted by atomic mass is 10.1. The van der Waals surface area contributed by atoms with Gasteiger partial charge in [0.1, 0.15) is 12.6 Å². The Bertz CT molecular complexity index is 622. The maximum absolute atomic E-state index is 12.8. The first-order chi connectivity index (χ1) is 10.7. The summed E-state index contributed by atoms with van der Waals surface area (Å²) in [7, 11) is 1.46. The molecule has 0 saturated carbocycles. The number of nitrogens with one attached hydrogen (secondary N) is 1. The zero-order valence-corrected chi connectivity index (χ0v) is 12.9. The van der Waals surface area contributed by atoms with E-state index in [9.17, 15) is 22.8 Å². The van der Waals surface area contributed by atoms with E-state index in [-0.39, 0.29) is 31.2 Å². The summed E-state index contributed by atoms with van der Waals surface area (Å²) >= 11 is 5.75. The number of halogens is 4. The minimum absolute atomic E-state index is 0.0321. The van der Waals surface area contributed by atoms with Crippen LogP contribution >= 0.6 is 11.6 Å². The van der Waals surface area contributed by atoms with Gasteiger partial charge in [0.2, 0.25) is 11.8 Å². The fraction of sp³-hybridized carbons (Fsp3) is 0.429. The lowest BCUT2D eigenvalue weighted by Gasteiger charge is -2.31. The number of hydrogen-bond donors (Lipinski definition) is 1. The van der Waals surface area contributed by atoms with Crippen molar-refractivity contribution in [1.29, 1.82) is 0 Å². The Hall–Kier alpha value is -1.80. The molecule has 0 radical (unpaired) electrons. The van der Waals surface area contributed by atoms with Crippen molar-refractivity contribution < 1.29 is 27.5 Å². The number of rotatable bonds is 3. The van der Waals surface area contributed by atoms with Crippen LogP contribution in [0.4, 0.5) is 13.2 Å². The highest BCUT2D eigenvalue weighted by Crippen LogP contribution is 2.36. The number of morpholine rings is 1. The van der Waals surface area contributed by atoms with Gasteiger partial charge in [0.15, 0.2) is 0 Å². The van der Waals surface area contributed by atoms with Gasteiger partial charge in [-0.25, -0.2) is 0 Å². The van der Waals surface area contributed by atoms with Crippen LogP contribution in [0.5, 0.6) is 0 Å². The van der Waals surface area contributed by atoms with Gasteiger partial charge < -0.3 is 15.0 Å². The molecule has 1 aliphatic rings. The zero-order chi connectivity index (χ0) is 17.2. The Morgan fingerprint density at radius 2 is 2.17 bits per heavy atom. The van der Waals surface area contributed by atoms with Gasteiger partial charge in [-0.2, -0.15) is 13.2 Å². The molecule has 0 bridgehead atoms. The van der Waals surface area contributed by atoms with Crippen molar-refractivity contribution in [3.05, 3.63) is 34.3 Å². The first-order valence-corrected chi connectivity index (χ1v) is 7.05. The number of benzene rings is 1. The van der Waals surface area contributed by atoms with E-state index in [2.05, 4.69) is 5.32 Å². The molecule has 1 aliphatic heterocycles. The fourth-order valence-electron chi connectivity index (χ4n) is 2.13. The smallest absolute Gasteiger partial charge is 0.369 e. The van der Waals surface area contributed by atoms with Gasteiger partial charge in [0.25, 0.3) is 0 Å². The van der Waals surface area contributed by atoms with Gasteiger partial charge in [-0.15, -0.1) is 0 Å². The summed E-state index contributed by atoms with van der Waals surface area (Å²) in [5, 5.41) is 2.02. The van der Waals surface area contributed by atoms with Crippen LogP contribution in [0.15, 0.2) is 18.2 Å². The molecule has 0 aliphatic carbocycles. The highest BCUT2D eigenvalue weighted by molar-refractivity contribution is 6.32. The van der Waals surface area contributed by atoms with E-state index in [0.29, 0.717) is 0 Å². The Kier molecular flexibility index (Phi) is 5.16. The van der Waals surface area contributed by atoms with Crippen LogP contribution in [0.1, 0.15) is 11.1 Å². The van der Waals surface area contributed by atoms with Crippen molar-refractivity contribution in [1.82, 2.24) is 10.2 Å². The van der Waals surface area contributed by atoms with Crippen LogP contribution in [0.2, 0.25) is 5.02 Å². The Balaban J connectivity index is 2.06. The molecule has 5 nitrogen and oxygen atoms in total. The lowest BCUT2D eigenvalue weighted by molar-refractivity contribution is -0.152. The number of amides is 2. The second-order valence-electron chi connectivity index (χ2n) is 5.03. The Morgan fingerprint density at radius 3 is 2.83 bits per heavy atom. The van der Waals surface area contributed by atoms with Gasteiger partial charge in [-0.1, -0.05) is 23.7 Å². The van der Waals surface area contributed by atoms with E-state index in [0.717, 1.165) is 6.07 Å². The third-order valence-electron chi connectivity index (χ3n) is 3.50. The molecule has 1 fully saturated rings. The number of nitrogens with zero attached hydrogens (tertiary/aromatic N) is 1. The summed E-state index contributed by atoms with van der Waals surface area (Å²) in [5.74, 6) is -0.859. The zero-order valence-electron chi connectivity index (χ0n) is 12.1. The van der Waals surface area contributed by atoms with Crippen molar-refractivity contribution in [2.24, 2.45) is 0 Å². The lowest BCUT2D eigenvalue weighted by Crippen LogP contribution is -2.54. The molecule has 9 heteroatoms. The monoisotopic (exact) mass is 350 g/mol. The van der Waals surface area contributed by atoms with E-state index in [1.54, 1.807) is 0 Å². The van der Waals surface area contributed by atoms with Crippen LogP contribution in [0.3, 0.4) is 0 Å². The summed E-state index contributed by atoms with van der Waals surface area (Å²) in [4.78, 5) is 24.8. The summed E-state index contributed by atoms with van der Waals surface area (Å²) in [6.07, 6.45) is -4.57. The van der Waals surface area contributed by atoms with Gasteiger partial charge in [-0.05, 0) is 11.6 Å². The average Bonchev–Trinajstić information content (AvgIpc) is 2.47. The molecule has 1 N–H and O–H groups in total. The maximum atomic E-state index is 12.8. The van der Waals surface area contributed by atoms with E-state index >= 15 is 0 Å². The molecular formula is C14H14ClF3N2O3.